The van der Waals surface area contributed by atoms with Gasteiger partial charge in [-0.3, -0.25) is 9.59 Å². The maximum atomic E-state index is 12.7. The minimum atomic E-state index is 0.0868. The third kappa shape index (κ3) is 5.70. The number of carbonyl (C=O) groups is 2. The van der Waals surface area contributed by atoms with Crippen LogP contribution in [0.4, 0.5) is 0 Å². The molecular weight excluding hydrogens is 370 g/mol. The summed E-state index contributed by atoms with van der Waals surface area (Å²) in [5.74, 6) is 1.01. The van der Waals surface area contributed by atoms with Crippen LogP contribution in [0.2, 0.25) is 0 Å². The first-order valence-electron chi connectivity index (χ1n) is 10.5. The van der Waals surface area contributed by atoms with E-state index in [4.69, 9.17) is 9.47 Å². The zero-order valence-electron chi connectivity index (χ0n) is 17.8. The summed E-state index contributed by atoms with van der Waals surface area (Å²) in [7, 11) is 5.73. The van der Waals surface area contributed by atoms with Gasteiger partial charge in [0.05, 0.1) is 13.0 Å². The molecule has 0 aliphatic carbocycles. The highest BCUT2D eigenvalue weighted by atomic mass is 16.5. The maximum Gasteiger partial charge on any atom is 0.253 e. The van der Waals surface area contributed by atoms with Crippen molar-refractivity contribution in [1.29, 1.82) is 0 Å². The van der Waals surface area contributed by atoms with Crippen LogP contribution in [0.3, 0.4) is 0 Å². The molecule has 2 aliphatic rings. The molecule has 1 atom stereocenters. The highest BCUT2D eigenvalue weighted by Gasteiger charge is 2.28. The highest BCUT2D eigenvalue weighted by molar-refractivity contribution is 5.94. The molecule has 2 amide bonds. The van der Waals surface area contributed by atoms with Crippen molar-refractivity contribution in [3.05, 3.63) is 29.8 Å². The molecule has 7 heteroatoms. The number of hydrogen-bond donors (Lipinski definition) is 0. The second-order valence-electron chi connectivity index (χ2n) is 8.12. The molecular formula is C22H33N3O4. The summed E-state index contributed by atoms with van der Waals surface area (Å²) in [6, 6.07) is 7.90. The topological polar surface area (TPSA) is 62.3 Å². The Kier molecular flexibility index (Phi) is 7.50. The highest BCUT2D eigenvalue weighted by Crippen LogP contribution is 2.22. The molecule has 29 heavy (non-hydrogen) atoms. The lowest BCUT2D eigenvalue weighted by molar-refractivity contribution is -0.133. The standard InChI is InChI=1S/C22H33N3O4/c1-23(2)18-8-12-25(16-18)22(27)17-4-6-19(7-5-17)29-20-9-13-24(14-10-20)21(26)11-15-28-3/h4-7,18,20H,8-16H2,1-3H3/t18-/m0/s1. The fraction of sp³-hybridized carbons (Fsp3) is 0.636. The molecule has 1 aromatic carbocycles. The summed E-state index contributed by atoms with van der Waals surface area (Å²) in [5.41, 5.74) is 0.704. The van der Waals surface area contributed by atoms with Crippen LogP contribution in [0.25, 0.3) is 0 Å². The predicted octanol–water partition coefficient (Wildman–Crippen LogP) is 1.87. The molecule has 3 rings (SSSR count). The third-order valence-corrected chi connectivity index (χ3v) is 5.90. The van der Waals surface area contributed by atoms with E-state index in [2.05, 4.69) is 19.0 Å². The van der Waals surface area contributed by atoms with Gasteiger partial charge in [0.25, 0.3) is 5.91 Å². The van der Waals surface area contributed by atoms with E-state index in [0.29, 0.717) is 37.7 Å². The van der Waals surface area contributed by atoms with E-state index in [1.54, 1.807) is 7.11 Å². The molecule has 2 fully saturated rings. The Hall–Kier alpha value is -2.12. The smallest absolute Gasteiger partial charge is 0.253 e. The SMILES string of the molecule is COCCC(=O)N1CCC(Oc2ccc(C(=O)N3CC[C@H](N(C)C)C3)cc2)CC1. The van der Waals surface area contributed by atoms with Crippen LogP contribution in [-0.2, 0) is 9.53 Å². The van der Waals surface area contributed by atoms with Crippen LogP contribution in [0.1, 0.15) is 36.0 Å². The van der Waals surface area contributed by atoms with Gasteiger partial charge in [0.15, 0.2) is 0 Å². The average molecular weight is 404 g/mol. The molecule has 7 nitrogen and oxygen atoms in total. The summed E-state index contributed by atoms with van der Waals surface area (Å²) < 4.78 is 11.1. The van der Waals surface area contributed by atoms with Gasteiger partial charge in [-0.15, -0.1) is 0 Å². The number of rotatable bonds is 7. The normalized spacial score (nSPS) is 20.3. The Morgan fingerprint density at radius 2 is 1.69 bits per heavy atom. The number of amides is 2. The van der Waals surface area contributed by atoms with E-state index in [1.807, 2.05) is 34.1 Å². The van der Waals surface area contributed by atoms with Crippen molar-refractivity contribution in [2.45, 2.75) is 37.8 Å². The zero-order chi connectivity index (χ0) is 20.8. The molecule has 0 N–H and O–H groups in total. The first-order valence-corrected chi connectivity index (χ1v) is 10.5. The Morgan fingerprint density at radius 1 is 1.03 bits per heavy atom. The summed E-state index contributed by atoms with van der Waals surface area (Å²) >= 11 is 0. The lowest BCUT2D eigenvalue weighted by atomic mass is 10.1. The van der Waals surface area contributed by atoms with Gasteiger partial charge in [-0.1, -0.05) is 0 Å². The molecule has 1 aromatic rings. The van der Waals surface area contributed by atoms with E-state index in [1.165, 1.54) is 0 Å². The fourth-order valence-corrected chi connectivity index (χ4v) is 3.97. The summed E-state index contributed by atoms with van der Waals surface area (Å²) in [6.07, 6.45) is 3.19. The quantitative estimate of drug-likeness (QED) is 0.696. The van der Waals surface area contributed by atoms with Gasteiger partial charge in [-0.2, -0.15) is 0 Å². The molecule has 0 saturated carbocycles. The predicted molar refractivity (Wildman–Crippen MR) is 111 cm³/mol. The number of benzene rings is 1. The van der Waals surface area contributed by atoms with Gasteiger partial charge in [-0.05, 0) is 44.8 Å². The van der Waals surface area contributed by atoms with Gasteiger partial charge < -0.3 is 24.2 Å². The Bertz CT molecular complexity index is 684. The van der Waals surface area contributed by atoms with Gasteiger partial charge in [0.1, 0.15) is 11.9 Å². The number of likely N-dealkylation sites (N-methyl/N-ethyl adjacent to an activating group) is 1. The first-order chi connectivity index (χ1) is 14.0. The molecule has 160 valence electrons. The number of hydrogen-bond acceptors (Lipinski definition) is 5. The molecule has 0 spiro atoms. The number of nitrogens with zero attached hydrogens (tertiary/aromatic N) is 3. The van der Waals surface area contributed by atoms with E-state index in [-0.39, 0.29) is 17.9 Å². The summed E-state index contributed by atoms with van der Waals surface area (Å²) in [5, 5.41) is 0. The number of piperidine rings is 1. The van der Waals surface area contributed by atoms with Gasteiger partial charge >= 0.3 is 0 Å². The van der Waals surface area contributed by atoms with Crippen molar-refractivity contribution >= 4 is 11.8 Å². The minimum absolute atomic E-state index is 0.0868. The lowest BCUT2D eigenvalue weighted by Gasteiger charge is -2.32. The minimum Gasteiger partial charge on any atom is -0.490 e. The second-order valence-corrected chi connectivity index (χ2v) is 8.12. The molecule has 2 heterocycles. The van der Waals surface area contributed by atoms with E-state index >= 15 is 0 Å². The Morgan fingerprint density at radius 3 is 2.28 bits per heavy atom. The van der Waals surface area contributed by atoms with Gasteiger partial charge in [0, 0.05) is 57.7 Å². The monoisotopic (exact) mass is 403 g/mol. The molecule has 0 bridgehead atoms. The maximum absolute atomic E-state index is 12.7. The largest absolute Gasteiger partial charge is 0.490 e. The van der Waals surface area contributed by atoms with Gasteiger partial charge in [-0.25, -0.2) is 0 Å². The summed E-state index contributed by atoms with van der Waals surface area (Å²) in [6.45, 7) is 3.48. The Labute approximate surface area is 173 Å². The van der Waals surface area contributed by atoms with E-state index in [0.717, 1.165) is 38.1 Å². The lowest BCUT2D eigenvalue weighted by Crippen LogP contribution is -2.42. The van der Waals surface area contributed by atoms with E-state index in [9.17, 15) is 9.59 Å². The number of carbonyl (C=O) groups excluding carboxylic acids is 2. The number of methoxy groups -OCH3 is 1. The van der Waals surface area contributed by atoms with Crippen LogP contribution in [0, 0.1) is 0 Å². The van der Waals surface area contributed by atoms with Crippen LogP contribution in [-0.4, -0.2) is 92.7 Å². The van der Waals surface area contributed by atoms with Crippen LogP contribution in [0.15, 0.2) is 24.3 Å². The van der Waals surface area contributed by atoms with Crippen molar-refractivity contribution in [2.75, 3.05) is 54.0 Å². The van der Waals surface area contributed by atoms with Gasteiger partial charge in [0.2, 0.25) is 5.91 Å². The zero-order valence-corrected chi connectivity index (χ0v) is 17.8. The van der Waals surface area contributed by atoms with Crippen LogP contribution >= 0.6 is 0 Å². The van der Waals surface area contributed by atoms with Crippen molar-refractivity contribution in [2.24, 2.45) is 0 Å². The molecule has 2 saturated heterocycles. The van der Waals surface area contributed by atoms with E-state index < -0.39 is 0 Å². The van der Waals surface area contributed by atoms with Crippen LogP contribution < -0.4 is 4.74 Å². The summed E-state index contributed by atoms with van der Waals surface area (Å²) in [4.78, 5) is 30.8. The molecule has 0 aromatic heterocycles. The first kappa shape index (κ1) is 21.6. The van der Waals surface area contributed by atoms with Crippen molar-refractivity contribution < 1.29 is 19.1 Å². The molecule has 0 unspecified atom stereocenters. The third-order valence-electron chi connectivity index (χ3n) is 5.90. The number of ether oxygens (including phenoxy) is 2. The van der Waals surface area contributed by atoms with Crippen molar-refractivity contribution in [1.82, 2.24) is 14.7 Å². The van der Waals surface area contributed by atoms with Crippen LogP contribution in [0.5, 0.6) is 5.75 Å². The Balaban J connectivity index is 1.46. The second kappa shape index (κ2) is 10.1. The number of likely N-dealkylation sites (tertiary alicyclic amines) is 2. The molecule has 2 aliphatic heterocycles. The van der Waals surface area contributed by atoms with Crippen molar-refractivity contribution in [3.63, 3.8) is 0 Å². The molecule has 0 radical (unpaired) electrons. The average Bonchev–Trinajstić information content (AvgIpc) is 3.23. The fourth-order valence-electron chi connectivity index (χ4n) is 3.97. The van der Waals surface area contributed by atoms with Crippen molar-refractivity contribution in [3.8, 4) is 5.75 Å².